The van der Waals surface area contributed by atoms with E-state index in [-0.39, 0.29) is 24.0 Å². The third-order valence-electron chi connectivity index (χ3n) is 4.35. The van der Waals surface area contributed by atoms with Crippen LogP contribution in [0.3, 0.4) is 0 Å². The molecule has 0 amide bonds. The standard InChI is InChI=1S/C16H36P.HI/c1-9-11-13-17(14-12-10-2,15(3,4)5)16(6,7)8;/h9-14H2,1-8H3;1H/q+1;/p-1. The van der Waals surface area contributed by atoms with Crippen molar-refractivity contribution in [1.29, 1.82) is 0 Å². The lowest BCUT2D eigenvalue weighted by Crippen LogP contribution is -3.00. The van der Waals surface area contributed by atoms with Gasteiger partial charge in [0.1, 0.15) is 0 Å². The Hall–Kier alpha value is 1.16. The zero-order chi connectivity index (χ0) is 13.7. The van der Waals surface area contributed by atoms with Gasteiger partial charge in [-0.15, -0.1) is 0 Å². The van der Waals surface area contributed by atoms with Gasteiger partial charge in [0, 0.05) is 7.26 Å². The van der Waals surface area contributed by atoms with Crippen molar-refractivity contribution in [3.8, 4) is 0 Å². The summed E-state index contributed by atoms with van der Waals surface area (Å²) in [5.74, 6) is 0. The first kappa shape index (κ1) is 21.5. The van der Waals surface area contributed by atoms with E-state index >= 15 is 0 Å². The largest absolute Gasteiger partial charge is 1.00 e. The highest BCUT2D eigenvalue weighted by Crippen LogP contribution is 2.77. The molecule has 0 radical (unpaired) electrons. The Morgan fingerprint density at radius 3 is 1.11 bits per heavy atom. The number of halogens is 1. The van der Waals surface area contributed by atoms with E-state index in [1.54, 1.807) is 0 Å². The van der Waals surface area contributed by atoms with E-state index in [1.165, 1.54) is 38.0 Å². The molecule has 0 aliphatic rings. The summed E-state index contributed by atoms with van der Waals surface area (Å²) in [5.41, 5.74) is 0. The third kappa shape index (κ3) is 5.27. The molecule has 0 aromatic heterocycles. The van der Waals surface area contributed by atoms with Crippen molar-refractivity contribution < 1.29 is 24.0 Å². The molecule has 0 aliphatic carbocycles. The van der Waals surface area contributed by atoms with Crippen molar-refractivity contribution >= 4 is 7.26 Å². The molecular formula is C16H36IP. The molecule has 0 saturated heterocycles. The Morgan fingerprint density at radius 2 is 0.944 bits per heavy atom. The number of rotatable bonds is 6. The molecule has 112 valence electrons. The summed E-state index contributed by atoms with van der Waals surface area (Å²) in [7, 11) is -0.897. The minimum atomic E-state index is -0.897. The second kappa shape index (κ2) is 8.45. The highest BCUT2D eigenvalue weighted by molar-refractivity contribution is 7.78. The molecule has 0 atom stereocenters. The third-order valence-corrected chi connectivity index (χ3v) is 11.7. The van der Waals surface area contributed by atoms with Gasteiger partial charge in [-0.25, -0.2) is 0 Å². The Kier molecular flexibility index (Phi) is 10.1. The quantitative estimate of drug-likeness (QED) is 0.486. The molecule has 0 rings (SSSR count). The fourth-order valence-corrected chi connectivity index (χ4v) is 9.95. The minimum Gasteiger partial charge on any atom is -1.00 e. The van der Waals surface area contributed by atoms with Crippen molar-refractivity contribution in [3.05, 3.63) is 0 Å². The molecule has 0 aromatic carbocycles. The van der Waals surface area contributed by atoms with Crippen molar-refractivity contribution in [2.75, 3.05) is 12.3 Å². The lowest BCUT2D eigenvalue weighted by Gasteiger charge is -2.47. The molecule has 0 aromatic rings. The monoisotopic (exact) mass is 386 g/mol. The molecule has 2 heteroatoms. The average Bonchev–Trinajstić information content (AvgIpc) is 2.14. The van der Waals surface area contributed by atoms with Gasteiger partial charge in [0.25, 0.3) is 0 Å². The van der Waals surface area contributed by atoms with Crippen molar-refractivity contribution in [2.45, 2.75) is 91.4 Å². The summed E-state index contributed by atoms with van der Waals surface area (Å²) < 4.78 is 0. The van der Waals surface area contributed by atoms with Gasteiger partial charge in [-0.05, 0) is 54.4 Å². The van der Waals surface area contributed by atoms with Crippen LogP contribution in [-0.4, -0.2) is 22.6 Å². The van der Waals surface area contributed by atoms with Crippen LogP contribution < -0.4 is 24.0 Å². The number of hydrogen-bond donors (Lipinski definition) is 0. The normalized spacial score (nSPS) is 13.3. The van der Waals surface area contributed by atoms with E-state index in [9.17, 15) is 0 Å². The van der Waals surface area contributed by atoms with Crippen molar-refractivity contribution in [2.24, 2.45) is 0 Å². The van der Waals surface area contributed by atoms with Crippen LogP contribution in [0, 0.1) is 0 Å². The van der Waals surface area contributed by atoms with Gasteiger partial charge < -0.3 is 24.0 Å². The predicted octanol–water partition coefficient (Wildman–Crippen LogP) is 3.21. The van der Waals surface area contributed by atoms with Gasteiger partial charge in [-0.3, -0.25) is 0 Å². The topological polar surface area (TPSA) is 0 Å². The maximum absolute atomic E-state index is 2.50. The highest BCUT2D eigenvalue weighted by Gasteiger charge is 2.55. The van der Waals surface area contributed by atoms with E-state index in [1.807, 2.05) is 0 Å². The summed E-state index contributed by atoms with van der Waals surface area (Å²) in [6.45, 7) is 19.7. The summed E-state index contributed by atoms with van der Waals surface area (Å²) in [6.07, 6.45) is 8.53. The second-order valence-electron chi connectivity index (χ2n) is 7.46. The van der Waals surface area contributed by atoms with Crippen LogP contribution in [0.25, 0.3) is 0 Å². The van der Waals surface area contributed by atoms with Gasteiger partial charge in [0.15, 0.2) is 0 Å². The summed E-state index contributed by atoms with van der Waals surface area (Å²) in [5, 5.41) is 1.02. The summed E-state index contributed by atoms with van der Waals surface area (Å²) >= 11 is 0. The molecule has 0 bridgehead atoms. The first-order valence-corrected chi connectivity index (χ1v) is 9.65. The average molecular weight is 386 g/mol. The molecule has 0 unspecified atom stereocenters. The SMILES string of the molecule is CCCC[P+](CCCC)(C(C)(C)C)C(C)(C)C.[I-]. The molecule has 0 nitrogen and oxygen atoms in total. The van der Waals surface area contributed by atoms with Crippen LogP contribution in [-0.2, 0) is 0 Å². The van der Waals surface area contributed by atoms with E-state index in [0.29, 0.717) is 10.3 Å². The zero-order valence-electron chi connectivity index (χ0n) is 14.1. The van der Waals surface area contributed by atoms with Crippen LogP contribution in [0.5, 0.6) is 0 Å². The molecule has 0 saturated carbocycles. The summed E-state index contributed by atoms with van der Waals surface area (Å²) in [4.78, 5) is 0. The number of hydrogen-bond acceptors (Lipinski definition) is 0. The number of unbranched alkanes of at least 4 members (excludes halogenated alkanes) is 2. The molecule has 0 fully saturated rings. The lowest BCUT2D eigenvalue weighted by atomic mass is 10.2. The molecule has 18 heavy (non-hydrogen) atoms. The van der Waals surface area contributed by atoms with Gasteiger partial charge in [-0.1, -0.05) is 26.7 Å². The van der Waals surface area contributed by atoms with Crippen LogP contribution in [0.15, 0.2) is 0 Å². The van der Waals surface area contributed by atoms with Crippen LogP contribution >= 0.6 is 7.26 Å². The molecular weight excluding hydrogens is 350 g/mol. The van der Waals surface area contributed by atoms with Crippen LogP contribution in [0.1, 0.15) is 81.1 Å². The Morgan fingerprint density at radius 1 is 0.667 bits per heavy atom. The Labute approximate surface area is 134 Å². The van der Waals surface area contributed by atoms with E-state index in [2.05, 4.69) is 55.4 Å². The van der Waals surface area contributed by atoms with Gasteiger partial charge in [-0.2, -0.15) is 0 Å². The van der Waals surface area contributed by atoms with E-state index < -0.39 is 7.26 Å². The predicted molar refractivity (Wildman–Crippen MR) is 86.0 cm³/mol. The molecule has 0 aliphatic heterocycles. The van der Waals surface area contributed by atoms with E-state index in [4.69, 9.17) is 0 Å². The zero-order valence-corrected chi connectivity index (χ0v) is 17.1. The Balaban J connectivity index is 0. The highest BCUT2D eigenvalue weighted by atomic mass is 127. The van der Waals surface area contributed by atoms with Gasteiger partial charge >= 0.3 is 0 Å². The smallest absolute Gasteiger partial charge is 0.0720 e. The van der Waals surface area contributed by atoms with Crippen molar-refractivity contribution in [1.82, 2.24) is 0 Å². The Bertz CT molecular complexity index is 186. The minimum absolute atomic E-state index is 0. The first-order valence-electron chi connectivity index (χ1n) is 7.49. The van der Waals surface area contributed by atoms with Gasteiger partial charge in [0.05, 0.1) is 22.6 Å². The lowest BCUT2D eigenvalue weighted by molar-refractivity contribution is -0.00000455. The fraction of sp³-hybridized carbons (Fsp3) is 1.00. The second-order valence-corrected chi connectivity index (χ2v) is 13.0. The molecule has 0 N–H and O–H groups in total. The fourth-order valence-electron chi connectivity index (χ4n) is 3.32. The summed E-state index contributed by atoms with van der Waals surface area (Å²) in [6, 6.07) is 0. The van der Waals surface area contributed by atoms with Gasteiger partial charge in [0.2, 0.25) is 0 Å². The van der Waals surface area contributed by atoms with E-state index in [0.717, 1.165) is 0 Å². The van der Waals surface area contributed by atoms with Crippen LogP contribution in [0.4, 0.5) is 0 Å². The van der Waals surface area contributed by atoms with Crippen LogP contribution in [0.2, 0.25) is 0 Å². The maximum Gasteiger partial charge on any atom is 0.0720 e. The first-order chi connectivity index (χ1) is 7.62. The molecule has 0 spiro atoms. The van der Waals surface area contributed by atoms with Crippen molar-refractivity contribution in [3.63, 3.8) is 0 Å². The molecule has 0 heterocycles. The maximum atomic E-state index is 2.50.